The summed E-state index contributed by atoms with van der Waals surface area (Å²) in [7, 11) is 0. The molecule has 3 rings (SSSR count). The monoisotopic (exact) mass is 367 g/mol. The maximum absolute atomic E-state index is 12.2. The van der Waals surface area contributed by atoms with Gasteiger partial charge in [-0.1, -0.05) is 42.5 Å². The topological polar surface area (TPSA) is 86.9 Å². The van der Waals surface area contributed by atoms with Crippen molar-refractivity contribution in [3.05, 3.63) is 54.6 Å². The number of nitrogens with two attached hydrogens (primary N) is 1. The minimum absolute atomic E-state index is 0.0224. The molecule has 142 valence electrons. The Bertz CT molecular complexity index is 769. The first kappa shape index (κ1) is 18.9. The highest BCUT2D eigenvalue weighted by Gasteiger charge is 2.22. The second kappa shape index (κ2) is 8.68. The molecule has 1 atom stereocenters. The fraction of sp³-hybridized carbons (Fsp3) is 0.333. The highest BCUT2D eigenvalue weighted by Crippen LogP contribution is 2.24. The largest absolute Gasteiger partial charge is 0.480 e. The van der Waals surface area contributed by atoms with E-state index >= 15 is 0 Å². The number of carboxylic acid groups (broad SMARTS) is 1. The SMILES string of the molecule is N[C@@H](CCC(=O)N1CCN(c2ccc(-c3ccccc3)cc2)CC1)C(=O)O. The number of amides is 1. The van der Waals surface area contributed by atoms with Gasteiger partial charge in [-0.25, -0.2) is 0 Å². The molecule has 6 heteroatoms. The minimum atomic E-state index is -1.06. The van der Waals surface area contributed by atoms with E-state index in [1.165, 1.54) is 11.1 Å². The lowest BCUT2D eigenvalue weighted by molar-refractivity contribution is -0.139. The second-order valence-corrected chi connectivity index (χ2v) is 6.76. The molecule has 2 aromatic carbocycles. The minimum Gasteiger partial charge on any atom is -0.480 e. The van der Waals surface area contributed by atoms with Gasteiger partial charge < -0.3 is 20.6 Å². The molecule has 6 nitrogen and oxygen atoms in total. The predicted molar refractivity (Wildman–Crippen MR) is 106 cm³/mol. The zero-order valence-corrected chi connectivity index (χ0v) is 15.3. The van der Waals surface area contributed by atoms with E-state index < -0.39 is 12.0 Å². The average molecular weight is 367 g/mol. The predicted octanol–water partition coefficient (Wildman–Crippen LogP) is 2.19. The first-order valence-corrected chi connectivity index (χ1v) is 9.21. The Kier molecular flexibility index (Phi) is 6.08. The van der Waals surface area contributed by atoms with Crippen LogP contribution in [0.4, 0.5) is 5.69 Å². The van der Waals surface area contributed by atoms with Crippen molar-refractivity contribution >= 4 is 17.6 Å². The van der Waals surface area contributed by atoms with Gasteiger partial charge in [-0.3, -0.25) is 9.59 Å². The van der Waals surface area contributed by atoms with Gasteiger partial charge >= 0.3 is 5.97 Å². The van der Waals surface area contributed by atoms with Crippen molar-refractivity contribution in [2.45, 2.75) is 18.9 Å². The molecule has 0 spiro atoms. The Morgan fingerprint density at radius 1 is 0.926 bits per heavy atom. The van der Waals surface area contributed by atoms with E-state index in [0.717, 1.165) is 18.8 Å². The molecule has 1 heterocycles. The van der Waals surface area contributed by atoms with Crippen LogP contribution in [-0.4, -0.2) is 54.1 Å². The molecule has 0 aromatic heterocycles. The first-order chi connectivity index (χ1) is 13.0. The summed E-state index contributed by atoms with van der Waals surface area (Å²) >= 11 is 0. The van der Waals surface area contributed by atoms with Crippen molar-refractivity contribution in [3.63, 3.8) is 0 Å². The van der Waals surface area contributed by atoms with Crippen LogP contribution in [-0.2, 0) is 9.59 Å². The second-order valence-electron chi connectivity index (χ2n) is 6.76. The Balaban J connectivity index is 1.52. The molecule has 27 heavy (non-hydrogen) atoms. The van der Waals surface area contributed by atoms with E-state index in [1.807, 2.05) is 18.2 Å². The molecule has 1 fully saturated rings. The zero-order valence-electron chi connectivity index (χ0n) is 15.3. The van der Waals surface area contributed by atoms with Gasteiger partial charge in [-0.15, -0.1) is 0 Å². The molecule has 0 bridgehead atoms. The van der Waals surface area contributed by atoms with Crippen LogP contribution < -0.4 is 10.6 Å². The number of aliphatic carboxylic acids is 1. The fourth-order valence-corrected chi connectivity index (χ4v) is 3.27. The van der Waals surface area contributed by atoms with Gasteiger partial charge in [-0.2, -0.15) is 0 Å². The third kappa shape index (κ3) is 4.86. The van der Waals surface area contributed by atoms with E-state index in [0.29, 0.717) is 13.1 Å². The number of hydrogen-bond acceptors (Lipinski definition) is 4. The lowest BCUT2D eigenvalue weighted by Crippen LogP contribution is -2.49. The quantitative estimate of drug-likeness (QED) is 0.817. The Labute approximate surface area is 159 Å². The summed E-state index contributed by atoms with van der Waals surface area (Å²) in [5.74, 6) is -1.09. The van der Waals surface area contributed by atoms with Gasteiger partial charge in [0.15, 0.2) is 0 Å². The van der Waals surface area contributed by atoms with Crippen LogP contribution in [0.25, 0.3) is 11.1 Å². The smallest absolute Gasteiger partial charge is 0.320 e. The number of anilines is 1. The lowest BCUT2D eigenvalue weighted by atomic mass is 10.1. The number of carboxylic acids is 1. The van der Waals surface area contributed by atoms with Crippen LogP contribution in [0.3, 0.4) is 0 Å². The van der Waals surface area contributed by atoms with Crippen LogP contribution in [0.1, 0.15) is 12.8 Å². The fourth-order valence-electron chi connectivity index (χ4n) is 3.27. The molecule has 0 saturated carbocycles. The molecule has 3 N–H and O–H groups in total. The molecule has 0 aliphatic carbocycles. The zero-order chi connectivity index (χ0) is 19.2. The van der Waals surface area contributed by atoms with Crippen LogP contribution in [0.2, 0.25) is 0 Å². The van der Waals surface area contributed by atoms with Crippen LogP contribution >= 0.6 is 0 Å². The molecule has 1 amide bonds. The lowest BCUT2D eigenvalue weighted by Gasteiger charge is -2.36. The summed E-state index contributed by atoms with van der Waals surface area (Å²) < 4.78 is 0. The number of nitrogens with zero attached hydrogens (tertiary/aromatic N) is 2. The summed E-state index contributed by atoms with van der Waals surface area (Å²) in [6.07, 6.45) is 0.356. The highest BCUT2D eigenvalue weighted by molar-refractivity contribution is 5.78. The van der Waals surface area contributed by atoms with E-state index in [4.69, 9.17) is 10.8 Å². The van der Waals surface area contributed by atoms with Gasteiger partial charge in [0.1, 0.15) is 6.04 Å². The summed E-state index contributed by atoms with van der Waals surface area (Å²) in [5, 5.41) is 8.80. The number of hydrogen-bond donors (Lipinski definition) is 2. The van der Waals surface area contributed by atoms with Gasteiger partial charge in [-0.05, 0) is 29.7 Å². The van der Waals surface area contributed by atoms with Gasteiger partial charge in [0, 0.05) is 38.3 Å². The summed E-state index contributed by atoms with van der Waals surface area (Å²) in [6, 6.07) is 17.8. The molecule has 1 aliphatic heterocycles. The molecule has 2 aromatic rings. The third-order valence-corrected chi connectivity index (χ3v) is 4.96. The molecule has 1 aliphatic rings. The Hall–Kier alpha value is -2.86. The number of carbonyl (C=O) groups excluding carboxylic acids is 1. The van der Waals surface area contributed by atoms with Crippen LogP contribution in [0.15, 0.2) is 54.6 Å². The third-order valence-electron chi connectivity index (χ3n) is 4.96. The molecular weight excluding hydrogens is 342 g/mol. The average Bonchev–Trinajstić information content (AvgIpc) is 2.72. The normalized spacial score (nSPS) is 15.4. The van der Waals surface area contributed by atoms with E-state index in [2.05, 4.69) is 41.3 Å². The first-order valence-electron chi connectivity index (χ1n) is 9.21. The standard InChI is InChI=1S/C21H25N3O3/c22-19(21(26)27)10-11-20(25)24-14-12-23(13-15-24)18-8-6-17(7-9-18)16-4-2-1-3-5-16/h1-9,19H,10-15,22H2,(H,26,27)/t19-/m0/s1. The summed E-state index contributed by atoms with van der Waals surface area (Å²) in [6.45, 7) is 2.81. The number of carbonyl (C=O) groups is 2. The van der Waals surface area contributed by atoms with Crippen molar-refractivity contribution in [3.8, 4) is 11.1 Å². The van der Waals surface area contributed by atoms with Crippen LogP contribution in [0, 0.1) is 0 Å². The highest BCUT2D eigenvalue weighted by atomic mass is 16.4. The van der Waals surface area contributed by atoms with Crippen LogP contribution in [0.5, 0.6) is 0 Å². The molecular formula is C21H25N3O3. The van der Waals surface area contributed by atoms with Crippen molar-refractivity contribution in [1.29, 1.82) is 0 Å². The van der Waals surface area contributed by atoms with E-state index in [1.54, 1.807) is 4.90 Å². The number of rotatable bonds is 6. The number of piperazine rings is 1. The number of benzene rings is 2. The maximum Gasteiger partial charge on any atom is 0.320 e. The summed E-state index contributed by atoms with van der Waals surface area (Å²) in [5.41, 5.74) is 8.99. The maximum atomic E-state index is 12.2. The van der Waals surface area contributed by atoms with Gasteiger partial charge in [0.2, 0.25) is 5.91 Å². The van der Waals surface area contributed by atoms with Gasteiger partial charge in [0.05, 0.1) is 0 Å². The van der Waals surface area contributed by atoms with Crippen molar-refractivity contribution in [2.24, 2.45) is 5.73 Å². The van der Waals surface area contributed by atoms with Gasteiger partial charge in [0.25, 0.3) is 0 Å². The van der Waals surface area contributed by atoms with Crippen molar-refractivity contribution < 1.29 is 14.7 Å². The van der Waals surface area contributed by atoms with E-state index in [9.17, 15) is 9.59 Å². The van der Waals surface area contributed by atoms with Crippen molar-refractivity contribution in [1.82, 2.24) is 4.90 Å². The van der Waals surface area contributed by atoms with E-state index in [-0.39, 0.29) is 18.7 Å². The van der Waals surface area contributed by atoms with Crippen molar-refractivity contribution in [2.75, 3.05) is 31.1 Å². The molecule has 0 unspecified atom stereocenters. The summed E-state index contributed by atoms with van der Waals surface area (Å²) in [4.78, 5) is 27.0. The molecule has 1 saturated heterocycles. The molecule has 0 radical (unpaired) electrons. The Morgan fingerprint density at radius 3 is 2.11 bits per heavy atom. The Morgan fingerprint density at radius 2 is 1.52 bits per heavy atom.